The van der Waals surface area contributed by atoms with E-state index in [1.54, 1.807) is 0 Å². The quantitative estimate of drug-likeness (QED) is 0.812. The highest BCUT2D eigenvalue weighted by atomic mass is 15.1. The third kappa shape index (κ3) is 1.85. The zero-order chi connectivity index (χ0) is 11.0. The number of nitrogens with two attached hydrogens (primary N) is 1. The molecule has 0 spiro atoms. The summed E-state index contributed by atoms with van der Waals surface area (Å²) in [4.78, 5) is 8.64. The van der Waals surface area contributed by atoms with Crippen LogP contribution in [0.2, 0.25) is 0 Å². The number of nitrogens with zero attached hydrogens (tertiary/aromatic N) is 3. The average molecular weight is 204 g/mol. The molecule has 15 heavy (non-hydrogen) atoms. The SMILES string of the molecule is CC(C)c1cnc2nc(C(C)N)cn2c1. The van der Waals surface area contributed by atoms with Crippen LogP contribution in [0, 0.1) is 0 Å². The fourth-order valence-electron chi connectivity index (χ4n) is 1.44. The molecule has 0 radical (unpaired) electrons. The Kier molecular flexibility index (Phi) is 2.44. The number of hydrogen-bond donors (Lipinski definition) is 1. The Morgan fingerprint density at radius 1 is 1.27 bits per heavy atom. The molecule has 4 heteroatoms. The minimum absolute atomic E-state index is 0.0470. The average Bonchev–Trinajstić information content (AvgIpc) is 2.59. The molecule has 2 aromatic heterocycles. The maximum Gasteiger partial charge on any atom is 0.233 e. The smallest absolute Gasteiger partial charge is 0.233 e. The van der Waals surface area contributed by atoms with Gasteiger partial charge in [-0.2, -0.15) is 0 Å². The van der Waals surface area contributed by atoms with Gasteiger partial charge in [0.2, 0.25) is 5.78 Å². The van der Waals surface area contributed by atoms with Gasteiger partial charge < -0.3 is 5.73 Å². The highest BCUT2D eigenvalue weighted by Crippen LogP contribution is 2.15. The topological polar surface area (TPSA) is 56.2 Å². The van der Waals surface area contributed by atoms with Crippen LogP contribution in [-0.4, -0.2) is 14.4 Å². The summed E-state index contributed by atoms with van der Waals surface area (Å²) >= 11 is 0. The summed E-state index contributed by atoms with van der Waals surface area (Å²) in [5.41, 5.74) is 7.85. The van der Waals surface area contributed by atoms with Gasteiger partial charge in [0, 0.05) is 24.6 Å². The van der Waals surface area contributed by atoms with Crippen molar-refractivity contribution in [3.8, 4) is 0 Å². The molecule has 0 amide bonds. The summed E-state index contributed by atoms with van der Waals surface area (Å²) < 4.78 is 1.94. The van der Waals surface area contributed by atoms with Crippen LogP contribution in [0.15, 0.2) is 18.6 Å². The maximum atomic E-state index is 5.77. The van der Waals surface area contributed by atoms with Crippen molar-refractivity contribution in [1.82, 2.24) is 14.4 Å². The summed E-state index contributed by atoms with van der Waals surface area (Å²) in [6.45, 7) is 6.21. The molecule has 0 saturated carbocycles. The summed E-state index contributed by atoms with van der Waals surface area (Å²) in [5, 5.41) is 0. The molecular weight excluding hydrogens is 188 g/mol. The first kappa shape index (κ1) is 10.1. The third-order valence-electron chi connectivity index (χ3n) is 2.48. The standard InChI is InChI=1S/C11H16N4/c1-7(2)9-4-13-11-14-10(8(3)12)6-15(11)5-9/h4-8H,12H2,1-3H3. The van der Waals surface area contributed by atoms with Crippen LogP contribution in [0.4, 0.5) is 0 Å². The van der Waals surface area contributed by atoms with Crippen molar-refractivity contribution in [3.05, 3.63) is 29.8 Å². The first-order valence-electron chi connectivity index (χ1n) is 5.18. The van der Waals surface area contributed by atoms with Gasteiger partial charge in [-0.1, -0.05) is 13.8 Å². The van der Waals surface area contributed by atoms with Crippen LogP contribution in [-0.2, 0) is 0 Å². The summed E-state index contributed by atoms with van der Waals surface area (Å²) in [5.74, 6) is 1.19. The first-order valence-corrected chi connectivity index (χ1v) is 5.18. The summed E-state index contributed by atoms with van der Waals surface area (Å²) in [6, 6.07) is -0.0470. The van der Waals surface area contributed by atoms with E-state index in [0.29, 0.717) is 11.7 Å². The number of imidazole rings is 1. The molecule has 0 aliphatic rings. The lowest BCUT2D eigenvalue weighted by molar-refractivity contribution is 0.789. The van der Waals surface area contributed by atoms with E-state index in [-0.39, 0.29) is 6.04 Å². The monoisotopic (exact) mass is 204 g/mol. The van der Waals surface area contributed by atoms with Crippen LogP contribution in [0.3, 0.4) is 0 Å². The van der Waals surface area contributed by atoms with Gasteiger partial charge in [0.25, 0.3) is 0 Å². The van der Waals surface area contributed by atoms with Gasteiger partial charge in [0.15, 0.2) is 0 Å². The molecule has 0 saturated heterocycles. The van der Waals surface area contributed by atoms with E-state index in [0.717, 1.165) is 5.69 Å². The summed E-state index contributed by atoms with van der Waals surface area (Å²) in [6.07, 6.45) is 5.88. The number of fused-ring (bicyclic) bond motifs is 1. The second-order valence-electron chi connectivity index (χ2n) is 4.20. The molecule has 2 heterocycles. The number of aromatic nitrogens is 3. The molecule has 0 aliphatic carbocycles. The van der Waals surface area contributed by atoms with Crippen molar-refractivity contribution in [2.45, 2.75) is 32.7 Å². The van der Waals surface area contributed by atoms with Crippen molar-refractivity contribution >= 4 is 5.78 Å². The molecule has 2 rings (SSSR count). The molecule has 1 unspecified atom stereocenters. The highest BCUT2D eigenvalue weighted by molar-refractivity contribution is 5.33. The molecule has 4 nitrogen and oxygen atoms in total. The van der Waals surface area contributed by atoms with Gasteiger partial charge in [-0.3, -0.25) is 4.40 Å². The lowest BCUT2D eigenvalue weighted by Gasteiger charge is -2.03. The Hall–Kier alpha value is -1.42. The minimum atomic E-state index is -0.0470. The van der Waals surface area contributed by atoms with Gasteiger partial charge in [-0.05, 0) is 18.4 Å². The summed E-state index contributed by atoms with van der Waals surface area (Å²) in [7, 11) is 0. The van der Waals surface area contributed by atoms with Crippen molar-refractivity contribution in [1.29, 1.82) is 0 Å². The van der Waals surface area contributed by atoms with Gasteiger partial charge in [0.1, 0.15) is 0 Å². The van der Waals surface area contributed by atoms with Gasteiger partial charge in [-0.25, -0.2) is 9.97 Å². The Morgan fingerprint density at radius 2 is 2.00 bits per heavy atom. The van der Waals surface area contributed by atoms with E-state index >= 15 is 0 Å². The highest BCUT2D eigenvalue weighted by Gasteiger charge is 2.07. The largest absolute Gasteiger partial charge is 0.323 e. The molecule has 0 aromatic carbocycles. The van der Waals surface area contributed by atoms with Crippen LogP contribution in [0.25, 0.3) is 5.78 Å². The molecule has 0 fully saturated rings. The molecule has 0 aliphatic heterocycles. The third-order valence-corrected chi connectivity index (χ3v) is 2.48. The lowest BCUT2D eigenvalue weighted by atomic mass is 10.1. The Morgan fingerprint density at radius 3 is 2.60 bits per heavy atom. The lowest BCUT2D eigenvalue weighted by Crippen LogP contribution is -2.04. The van der Waals surface area contributed by atoms with E-state index < -0.39 is 0 Å². The van der Waals surface area contributed by atoms with Crippen LogP contribution >= 0.6 is 0 Å². The van der Waals surface area contributed by atoms with Gasteiger partial charge in [-0.15, -0.1) is 0 Å². The normalized spacial score (nSPS) is 13.7. The van der Waals surface area contributed by atoms with Crippen LogP contribution in [0.1, 0.15) is 44.0 Å². The van der Waals surface area contributed by atoms with E-state index in [1.807, 2.05) is 23.7 Å². The molecular formula is C11H16N4. The van der Waals surface area contributed by atoms with E-state index in [2.05, 4.69) is 30.0 Å². The van der Waals surface area contributed by atoms with Crippen LogP contribution in [0.5, 0.6) is 0 Å². The van der Waals surface area contributed by atoms with E-state index in [4.69, 9.17) is 5.73 Å². The zero-order valence-corrected chi connectivity index (χ0v) is 9.31. The minimum Gasteiger partial charge on any atom is -0.323 e. The Bertz CT molecular complexity index is 464. The number of rotatable bonds is 2. The molecule has 2 aromatic rings. The molecule has 1 atom stereocenters. The predicted molar refractivity (Wildman–Crippen MR) is 59.7 cm³/mol. The fraction of sp³-hybridized carbons (Fsp3) is 0.455. The van der Waals surface area contributed by atoms with Gasteiger partial charge in [0.05, 0.1) is 5.69 Å². The zero-order valence-electron chi connectivity index (χ0n) is 9.31. The van der Waals surface area contributed by atoms with E-state index in [9.17, 15) is 0 Å². The number of hydrogen-bond acceptors (Lipinski definition) is 3. The van der Waals surface area contributed by atoms with Crippen molar-refractivity contribution in [3.63, 3.8) is 0 Å². The second-order valence-corrected chi connectivity index (χ2v) is 4.20. The molecule has 2 N–H and O–H groups in total. The Balaban J connectivity index is 2.52. The Labute approximate surface area is 89.2 Å². The molecule has 80 valence electrons. The second kappa shape index (κ2) is 3.62. The van der Waals surface area contributed by atoms with Crippen molar-refractivity contribution < 1.29 is 0 Å². The molecule has 0 bridgehead atoms. The van der Waals surface area contributed by atoms with Gasteiger partial charge >= 0.3 is 0 Å². The fourth-order valence-corrected chi connectivity index (χ4v) is 1.44. The first-order chi connectivity index (χ1) is 7.08. The maximum absolute atomic E-state index is 5.77. The van der Waals surface area contributed by atoms with E-state index in [1.165, 1.54) is 5.56 Å². The van der Waals surface area contributed by atoms with Crippen molar-refractivity contribution in [2.75, 3.05) is 0 Å². The predicted octanol–water partition coefficient (Wildman–Crippen LogP) is 1.87. The van der Waals surface area contributed by atoms with Crippen molar-refractivity contribution in [2.24, 2.45) is 5.73 Å². The van der Waals surface area contributed by atoms with Crippen LogP contribution < -0.4 is 5.73 Å².